The molecule has 0 atom stereocenters. The molecule has 0 amide bonds. The predicted molar refractivity (Wildman–Crippen MR) is 56.8 cm³/mol. The summed E-state index contributed by atoms with van der Waals surface area (Å²) in [6, 6.07) is 9.63. The van der Waals surface area contributed by atoms with Gasteiger partial charge in [-0.1, -0.05) is 18.2 Å². The third kappa shape index (κ3) is 2.37. The summed E-state index contributed by atoms with van der Waals surface area (Å²) >= 11 is 0. The molecule has 1 heterocycles. The molecule has 0 bridgehead atoms. The minimum atomic E-state index is 0.374. The lowest BCUT2D eigenvalue weighted by molar-refractivity contribution is 0.260. The minimum Gasteiger partial charge on any atom is -0.484 e. The maximum Gasteiger partial charge on any atom is 0.232 e. The molecule has 1 aromatic carbocycles. The van der Waals surface area contributed by atoms with Crippen molar-refractivity contribution in [2.75, 3.05) is 0 Å². The Kier molecular flexibility index (Phi) is 2.72. The quantitative estimate of drug-likeness (QED) is 0.769. The number of hydrogen-bond acceptors (Lipinski definition) is 3. The molecule has 0 aliphatic heterocycles. The van der Waals surface area contributed by atoms with Crippen LogP contribution in [-0.2, 0) is 6.61 Å². The van der Waals surface area contributed by atoms with Gasteiger partial charge in [-0.15, -0.1) is 0 Å². The van der Waals surface area contributed by atoms with Gasteiger partial charge in [0.25, 0.3) is 0 Å². The summed E-state index contributed by atoms with van der Waals surface area (Å²) in [6.45, 7) is 4.19. The fraction of sp³-hybridized carbons (Fsp3) is 0.250. The van der Waals surface area contributed by atoms with Gasteiger partial charge in [-0.3, -0.25) is 0 Å². The van der Waals surface area contributed by atoms with Crippen LogP contribution in [-0.4, -0.2) is 4.98 Å². The largest absolute Gasteiger partial charge is 0.484 e. The fourth-order valence-corrected chi connectivity index (χ4v) is 1.26. The molecule has 2 aromatic rings. The molecule has 0 spiro atoms. The summed E-state index contributed by atoms with van der Waals surface area (Å²) < 4.78 is 10.9. The summed E-state index contributed by atoms with van der Waals surface area (Å²) in [5.41, 5.74) is 0.918. The molecular weight excluding hydrogens is 190 g/mol. The van der Waals surface area contributed by atoms with E-state index >= 15 is 0 Å². The highest BCUT2D eigenvalue weighted by Gasteiger charge is 2.05. The van der Waals surface area contributed by atoms with Crippen LogP contribution < -0.4 is 4.74 Å². The van der Waals surface area contributed by atoms with Gasteiger partial charge in [0.2, 0.25) is 5.89 Å². The summed E-state index contributed by atoms with van der Waals surface area (Å²) in [5.74, 6) is 2.29. The highest BCUT2D eigenvalue weighted by molar-refractivity contribution is 5.21. The van der Waals surface area contributed by atoms with Crippen molar-refractivity contribution in [3.8, 4) is 5.75 Å². The van der Waals surface area contributed by atoms with Crippen LogP contribution in [0.3, 0.4) is 0 Å². The third-order valence-corrected chi connectivity index (χ3v) is 2.18. The van der Waals surface area contributed by atoms with Crippen molar-refractivity contribution in [3.05, 3.63) is 47.7 Å². The number of benzene rings is 1. The zero-order valence-corrected chi connectivity index (χ0v) is 8.86. The van der Waals surface area contributed by atoms with Crippen LogP contribution in [0.15, 0.2) is 34.7 Å². The second-order valence-corrected chi connectivity index (χ2v) is 3.35. The van der Waals surface area contributed by atoms with Gasteiger partial charge in [0.05, 0.1) is 5.69 Å². The first-order chi connectivity index (χ1) is 7.25. The van der Waals surface area contributed by atoms with Crippen LogP contribution in [0.4, 0.5) is 0 Å². The zero-order valence-electron chi connectivity index (χ0n) is 8.86. The molecule has 0 fully saturated rings. The van der Waals surface area contributed by atoms with Gasteiger partial charge < -0.3 is 9.15 Å². The van der Waals surface area contributed by atoms with Crippen molar-refractivity contribution in [3.63, 3.8) is 0 Å². The van der Waals surface area contributed by atoms with Gasteiger partial charge in [-0.25, -0.2) is 4.98 Å². The topological polar surface area (TPSA) is 35.3 Å². The summed E-state index contributed by atoms with van der Waals surface area (Å²) in [6.07, 6.45) is 0. The van der Waals surface area contributed by atoms with Gasteiger partial charge in [0.15, 0.2) is 6.61 Å². The Morgan fingerprint density at radius 3 is 2.53 bits per heavy atom. The number of oxazole rings is 1. The number of nitrogens with zero attached hydrogens (tertiary/aromatic N) is 1. The summed E-state index contributed by atoms with van der Waals surface area (Å²) in [7, 11) is 0. The van der Waals surface area contributed by atoms with Gasteiger partial charge >= 0.3 is 0 Å². The molecule has 0 N–H and O–H groups in total. The van der Waals surface area contributed by atoms with Crippen LogP contribution in [0.2, 0.25) is 0 Å². The molecule has 78 valence electrons. The van der Waals surface area contributed by atoms with Crippen LogP contribution in [0.25, 0.3) is 0 Å². The van der Waals surface area contributed by atoms with Gasteiger partial charge in [0.1, 0.15) is 11.5 Å². The van der Waals surface area contributed by atoms with E-state index < -0.39 is 0 Å². The Morgan fingerprint density at radius 1 is 1.20 bits per heavy atom. The molecule has 15 heavy (non-hydrogen) atoms. The van der Waals surface area contributed by atoms with Crippen LogP contribution in [0.1, 0.15) is 17.3 Å². The molecule has 0 saturated carbocycles. The maximum absolute atomic E-state index is 5.50. The highest BCUT2D eigenvalue weighted by Crippen LogP contribution is 2.13. The molecule has 0 unspecified atom stereocenters. The van der Waals surface area contributed by atoms with Gasteiger partial charge in [-0.2, -0.15) is 0 Å². The Balaban J connectivity index is 1.99. The van der Waals surface area contributed by atoms with Crippen molar-refractivity contribution < 1.29 is 9.15 Å². The SMILES string of the molecule is Cc1nc(COc2ccccc2)oc1C. The van der Waals surface area contributed by atoms with E-state index in [1.54, 1.807) is 0 Å². The normalized spacial score (nSPS) is 10.3. The number of aryl methyl sites for hydroxylation is 2. The Hall–Kier alpha value is -1.77. The third-order valence-electron chi connectivity index (χ3n) is 2.18. The average molecular weight is 203 g/mol. The number of ether oxygens (including phenoxy) is 1. The van der Waals surface area contributed by atoms with Crippen molar-refractivity contribution in [2.24, 2.45) is 0 Å². The first kappa shape index (κ1) is 9.77. The molecule has 3 nitrogen and oxygen atoms in total. The second-order valence-electron chi connectivity index (χ2n) is 3.35. The van der Waals surface area contributed by atoms with Crippen molar-refractivity contribution in [1.82, 2.24) is 4.98 Å². The van der Waals surface area contributed by atoms with Crippen LogP contribution in [0.5, 0.6) is 5.75 Å². The Labute approximate surface area is 88.7 Å². The van der Waals surface area contributed by atoms with Crippen molar-refractivity contribution in [1.29, 1.82) is 0 Å². The van der Waals surface area contributed by atoms with E-state index in [1.807, 2.05) is 44.2 Å². The number of hydrogen-bond donors (Lipinski definition) is 0. The van der Waals surface area contributed by atoms with Crippen LogP contribution >= 0.6 is 0 Å². The molecule has 0 saturated heterocycles. The Bertz CT molecular complexity index is 415. The molecule has 1 aromatic heterocycles. The van der Waals surface area contributed by atoms with Gasteiger partial charge in [0, 0.05) is 0 Å². The van der Waals surface area contributed by atoms with E-state index in [9.17, 15) is 0 Å². The standard InChI is InChI=1S/C12H13NO2/c1-9-10(2)15-12(13-9)8-14-11-6-4-3-5-7-11/h3-7H,8H2,1-2H3. The first-order valence-corrected chi connectivity index (χ1v) is 4.86. The molecule has 0 radical (unpaired) electrons. The highest BCUT2D eigenvalue weighted by atomic mass is 16.5. The van der Waals surface area contributed by atoms with Crippen molar-refractivity contribution >= 4 is 0 Å². The second kappa shape index (κ2) is 4.17. The molecule has 2 rings (SSSR count). The Morgan fingerprint density at radius 2 is 1.93 bits per heavy atom. The van der Waals surface area contributed by atoms with E-state index in [1.165, 1.54) is 0 Å². The number of rotatable bonds is 3. The average Bonchev–Trinajstić information content (AvgIpc) is 2.57. The molecule has 3 heteroatoms. The predicted octanol–water partition coefficient (Wildman–Crippen LogP) is 2.87. The van der Waals surface area contributed by atoms with E-state index in [0.717, 1.165) is 17.2 Å². The smallest absolute Gasteiger partial charge is 0.232 e. The fourth-order valence-electron chi connectivity index (χ4n) is 1.26. The zero-order chi connectivity index (χ0) is 10.7. The van der Waals surface area contributed by atoms with E-state index in [-0.39, 0.29) is 0 Å². The lowest BCUT2D eigenvalue weighted by Crippen LogP contribution is -1.95. The van der Waals surface area contributed by atoms with Gasteiger partial charge in [-0.05, 0) is 26.0 Å². The van der Waals surface area contributed by atoms with Crippen molar-refractivity contribution in [2.45, 2.75) is 20.5 Å². The summed E-state index contributed by atoms with van der Waals surface area (Å²) in [4.78, 5) is 4.23. The monoisotopic (exact) mass is 203 g/mol. The van der Waals surface area contributed by atoms with E-state index in [4.69, 9.17) is 9.15 Å². The minimum absolute atomic E-state index is 0.374. The molecule has 0 aliphatic carbocycles. The first-order valence-electron chi connectivity index (χ1n) is 4.86. The van der Waals surface area contributed by atoms with Crippen LogP contribution in [0, 0.1) is 13.8 Å². The molecular formula is C12H13NO2. The number of aromatic nitrogens is 1. The molecule has 0 aliphatic rings. The maximum atomic E-state index is 5.50. The lowest BCUT2D eigenvalue weighted by atomic mass is 10.3. The van der Waals surface area contributed by atoms with E-state index in [0.29, 0.717) is 12.5 Å². The van der Waals surface area contributed by atoms with E-state index in [2.05, 4.69) is 4.98 Å². The number of para-hydroxylation sites is 1. The summed E-state index contributed by atoms with van der Waals surface area (Å²) in [5, 5.41) is 0. The lowest BCUT2D eigenvalue weighted by Gasteiger charge is -2.01.